The zero-order chi connectivity index (χ0) is 10.8. The van der Waals surface area contributed by atoms with Crippen LogP contribution in [0.2, 0.25) is 0 Å². The van der Waals surface area contributed by atoms with E-state index in [1.165, 1.54) is 11.3 Å². The summed E-state index contributed by atoms with van der Waals surface area (Å²) in [4.78, 5) is 2.24. The van der Waals surface area contributed by atoms with Crippen molar-refractivity contribution >= 4 is 5.69 Å². The van der Waals surface area contributed by atoms with E-state index < -0.39 is 0 Å². The third-order valence-corrected chi connectivity index (χ3v) is 3.01. The van der Waals surface area contributed by atoms with Crippen LogP contribution in [0.5, 0.6) is 5.75 Å². The molecule has 0 aromatic heterocycles. The summed E-state index contributed by atoms with van der Waals surface area (Å²) in [5.41, 5.74) is 8.31. The van der Waals surface area contributed by atoms with Crippen molar-refractivity contribution < 1.29 is 4.74 Å². The smallest absolute Gasteiger partial charge is 0.142 e. The van der Waals surface area contributed by atoms with Crippen molar-refractivity contribution in [2.45, 2.75) is 19.4 Å². The molecule has 0 aliphatic carbocycles. The van der Waals surface area contributed by atoms with Crippen LogP contribution < -0.4 is 15.4 Å². The number of benzene rings is 1. The van der Waals surface area contributed by atoms with E-state index in [9.17, 15) is 0 Å². The van der Waals surface area contributed by atoms with Crippen LogP contribution in [0.25, 0.3) is 0 Å². The van der Waals surface area contributed by atoms with Gasteiger partial charge in [0.2, 0.25) is 0 Å². The van der Waals surface area contributed by atoms with Gasteiger partial charge in [-0.05, 0) is 25.0 Å². The van der Waals surface area contributed by atoms with Gasteiger partial charge in [0.15, 0.2) is 0 Å². The standard InChI is InChI=1S/C12H18N2O/c1-3-15-11-6-4-5-9-7-10(8-13)14(2)12(9)11/h4-6,10H,3,7-8,13H2,1-2H3. The van der Waals surface area contributed by atoms with Gasteiger partial charge in [-0.25, -0.2) is 0 Å². The molecule has 0 saturated heterocycles. The molecule has 82 valence electrons. The van der Waals surface area contributed by atoms with Gasteiger partial charge in [-0.1, -0.05) is 12.1 Å². The number of hydrogen-bond donors (Lipinski definition) is 1. The van der Waals surface area contributed by atoms with Crippen molar-refractivity contribution in [3.63, 3.8) is 0 Å². The Morgan fingerprint density at radius 1 is 1.53 bits per heavy atom. The Hall–Kier alpha value is -1.22. The molecular weight excluding hydrogens is 188 g/mol. The number of likely N-dealkylation sites (N-methyl/N-ethyl adjacent to an activating group) is 1. The molecule has 1 aliphatic heterocycles. The lowest BCUT2D eigenvalue weighted by Gasteiger charge is -2.22. The number of hydrogen-bond acceptors (Lipinski definition) is 3. The highest BCUT2D eigenvalue weighted by molar-refractivity contribution is 5.67. The summed E-state index contributed by atoms with van der Waals surface area (Å²) in [6.45, 7) is 3.41. The monoisotopic (exact) mass is 206 g/mol. The molecule has 1 atom stereocenters. The van der Waals surface area contributed by atoms with Crippen LogP contribution in [0.1, 0.15) is 12.5 Å². The fourth-order valence-corrected chi connectivity index (χ4v) is 2.22. The largest absolute Gasteiger partial charge is 0.492 e. The predicted octanol–water partition coefficient (Wildman–Crippen LogP) is 1.40. The fourth-order valence-electron chi connectivity index (χ4n) is 2.22. The Morgan fingerprint density at radius 3 is 3.00 bits per heavy atom. The lowest BCUT2D eigenvalue weighted by Crippen LogP contribution is -2.34. The average Bonchev–Trinajstić information content (AvgIpc) is 2.57. The Kier molecular flexibility index (Phi) is 2.82. The first kappa shape index (κ1) is 10.3. The second-order valence-corrected chi connectivity index (χ2v) is 3.90. The van der Waals surface area contributed by atoms with E-state index in [2.05, 4.69) is 24.1 Å². The molecule has 0 amide bonds. The van der Waals surface area contributed by atoms with Gasteiger partial charge in [-0.3, -0.25) is 0 Å². The Morgan fingerprint density at radius 2 is 2.33 bits per heavy atom. The summed E-state index contributed by atoms with van der Waals surface area (Å²) in [7, 11) is 2.09. The van der Waals surface area contributed by atoms with Gasteiger partial charge in [0.05, 0.1) is 12.3 Å². The zero-order valence-electron chi connectivity index (χ0n) is 9.36. The van der Waals surface area contributed by atoms with Crippen molar-refractivity contribution in [3.05, 3.63) is 23.8 Å². The Balaban J connectivity index is 2.36. The second-order valence-electron chi connectivity index (χ2n) is 3.90. The molecule has 1 aliphatic rings. The third-order valence-electron chi connectivity index (χ3n) is 3.01. The first-order valence-corrected chi connectivity index (χ1v) is 5.45. The van der Waals surface area contributed by atoms with Gasteiger partial charge in [-0.2, -0.15) is 0 Å². The Bertz CT molecular complexity index is 351. The zero-order valence-corrected chi connectivity index (χ0v) is 9.36. The molecule has 3 heteroatoms. The first-order chi connectivity index (χ1) is 7.27. The predicted molar refractivity (Wildman–Crippen MR) is 62.6 cm³/mol. The van der Waals surface area contributed by atoms with Crippen LogP contribution in [0.15, 0.2) is 18.2 Å². The highest BCUT2D eigenvalue weighted by Gasteiger charge is 2.27. The lowest BCUT2D eigenvalue weighted by molar-refractivity contribution is 0.341. The van der Waals surface area contributed by atoms with E-state index in [0.717, 1.165) is 12.2 Å². The molecule has 2 rings (SSSR count). The van der Waals surface area contributed by atoms with E-state index in [4.69, 9.17) is 10.5 Å². The van der Waals surface area contributed by atoms with E-state index in [-0.39, 0.29) is 0 Å². The van der Waals surface area contributed by atoms with Crippen LogP contribution >= 0.6 is 0 Å². The molecule has 2 N–H and O–H groups in total. The molecule has 1 heterocycles. The topological polar surface area (TPSA) is 38.5 Å². The molecule has 0 spiro atoms. The van der Waals surface area contributed by atoms with Crippen LogP contribution in [-0.2, 0) is 6.42 Å². The van der Waals surface area contributed by atoms with Crippen molar-refractivity contribution in [1.29, 1.82) is 0 Å². The molecule has 3 nitrogen and oxygen atoms in total. The van der Waals surface area contributed by atoms with E-state index in [1.54, 1.807) is 0 Å². The summed E-state index contributed by atoms with van der Waals surface area (Å²) < 4.78 is 5.63. The normalized spacial score (nSPS) is 19.1. The maximum atomic E-state index is 5.75. The van der Waals surface area contributed by atoms with E-state index >= 15 is 0 Å². The number of nitrogens with two attached hydrogens (primary N) is 1. The van der Waals surface area contributed by atoms with Crippen molar-refractivity contribution in [2.75, 3.05) is 25.1 Å². The van der Waals surface area contributed by atoms with Crippen molar-refractivity contribution in [2.24, 2.45) is 5.73 Å². The highest BCUT2D eigenvalue weighted by atomic mass is 16.5. The second kappa shape index (κ2) is 4.11. The molecular formula is C12H18N2O. The summed E-state index contributed by atoms with van der Waals surface area (Å²) in [5.74, 6) is 0.980. The van der Waals surface area contributed by atoms with E-state index in [0.29, 0.717) is 19.2 Å². The van der Waals surface area contributed by atoms with Gasteiger partial charge in [0.25, 0.3) is 0 Å². The summed E-state index contributed by atoms with van der Waals surface area (Å²) in [5, 5.41) is 0. The van der Waals surface area contributed by atoms with Crippen LogP contribution in [0.4, 0.5) is 5.69 Å². The summed E-state index contributed by atoms with van der Waals surface area (Å²) in [6.07, 6.45) is 1.03. The van der Waals surface area contributed by atoms with Gasteiger partial charge >= 0.3 is 0 Å². The maximum absolute atomic E-state index is 5.75. The number of para-hydroxylation sites is 1. The van der Waals surface area contributed by atoms with Crippen LogP contribution in [0.3, 0.4) is 0 Å². The number of ether oxygens (including phenoxy) is 1. The minimum Gasteiger partial charge on any atom is -0.492 e. The molecule has 15 heavy (non-hydrogen) atoms. The van der Waals surface area contributed by atoms with Gasteiger partial charge in [-0.15, -0.1) is 0 Å². The summed E-state index contributed by atoms with van der Waals surface area (Å²) >= 11 is 0. The molecule has 0 saturated carbocycles. The van der Waals surface area contributed by atoms with Crippen molar-refractivity contribution in [1.82, 2.24) is 0 Å². The minimum absolute atomic E-state index is 0.418. The number of anilines is 1. The molecule has 0 radical (unpaired) electrons. The van der Waals surface area contributed by atoms with Gasteiger partial charge in [0.1, 0.15) is 5.75 Å². The third kappa shape index (κ3) is 1.67. The molecule has 1 unspecified atom stereocenters. The lowest BCUT2D eigenvalue weighted by atomic mass is 10.1. The quantitative estimate of drug-likeness (QED) is 0.812. The minimum atomic E-state index is 0.418. The number of fused-ring (bicyclic) bond motifs is 1. The average molecular weight is 206 g/mol. The maximum Gasteiger partial charge on any atom is 0.142 e. The molecule has 0 bridgehead atoms. The highest BCUT2D eigenvalue weighted by Crippen LogP contribution is 2.38. The fraction of sp³-hybridized carbons (Fsp3) is 0.500. The molecule has 1 aromatic rings. The van der Waals surface area contributed by atoms with E-state index in [1.807, 2.05) is 13.0 Å². The number of rotatable bonds is 3. The summed E-state index contributed by atoms with van der Waals surface area (Å²) in [6, 6.07) is 6.65. The Labute approximate surface area is 90.8 Å². The van der Waals surface area contributed by atoms with Crippen LogP contribution in [-0.4, -0.2) is 26.2 Å². The first-order valence-electron chi connectivity index (χ1n) is 5.45. The van der Waals surface area contributed by atoms with Gasteiger partial charge < -0.3 is 15.4 Å². The molecule has 0 fully saturated rings. The molecule has 1 aromatic carbocycles. The SMILES string of the molecule is CCOc1cccc2c1N(C)C(CN)C2. The van der Waals surface area contributed by atoms with Crippen molar-refractivity contribution in [3.8, 4) is 5.75 Å². The van der Waals surface area contributed by atoms with Crippen LogP contribution in [0, 0.1) is 0 Å². The number of nitrogens with zero attached hydrogens (tertiary/aromatic N) is 1. The van der Waals surface area contributed by atoms with Gasteiger partial charge in [0, 0.05) is 19.6 Å².